The summed E-state index contributed by atoms with van der Waals surface area (Å²) in [7, 11) is 0. The molecule has 1 atom stereocenters. The number of hydrogen-bond donors (Lipinski definition) is 2. The van der Waals surface area contributed by atoms with Gasteiger partial charge >= 0.3 is 0 Å². The summed E-state index contributed by atoms with van der Waals surface area (Å²) in [5.74, 6) is 0.638. The van der Waals surface area contributed by atoms with Crippen molar-refractivity contribution in [2.75, 3.05) is 6.61 Å². The molecule has 0 radical (unpaired) electrons. The molecule has 0 amide bonds. The molecule has 2 aromatic carbocycles. The number of aromatic nitrogens is 2. The van der Waals surface area contributed by atoms with Gasteiger partial charge in [0.25, 0.3) is 5.56 Å². The van der Waals surface area contributed by atoms with Gasteiger partial charge in [0.15, 0.2) is 0 Å². The maximum absolute atomic E-state index is 12.0. The van der Waals surface area contributed by atoms with Gasteiger partial charge in [0, 0.05) is 5.92 Å². The van der Waals surface area contributed by atoms with Crippen molar-refractivity contribution < 1.29 is 5.11 Å². The fourth-order valence-electron chi connectivity index (χ4n) is 2.73. The number of rotatable bonds is 4. The lowest BCUT2D eigenvalue weighted by Crippen LogP contribution is -2.11. The SMILES string of the molecule is C.Cc1nc2ccc(CC(CO)c3ccccc3)cc2c(=O)[nH]1. The minimum atomic E-state index is -0.121. The Bertz CT molecular complexity index is 841. The molecule has 3 aromatic rings. The molecule has 1 unspecified atom stereocenters. The van der Waals surface area contributed by atoms with Gasteiger partial charge in [-0.1, -0.05) is 43.8 Å². The van der Waals surface area contributed by atoms with E-state index in [1.165, 1.54) is 0 Å². The molecule has 23 heavy (non-hydrogen) atoms. The third kappa shape index (κ3) is 3.66. The summed E-state index contributed by atoms with van der Waals surface area (Å²) >= 11 is 0. The highest BCUT2D eigenvalue weighted by Gasteiger charge is 2.12. The van der Waals surface area contributed by atoms with E-state index in [1.807, 2.05) is 48.5 Å². The standard InChI is InChI=1S/C18H18N2O2.CH4/c1-12-19-17-8-7-13(10-16(17)18(22)20-12)9-15(11-21)14-5-3-2-4-6-14;/h2-8,10,15,21H,9,11H2,1H3,(H,19,20,22);1H4. The number of fused-ring (bicyclic) bond motifs is 1. The zero-order valence-electron chi connectivity index (χ0n) is 12.4. The van der Waals surface area contributed by atoms with Crippen LogP contribution in [0.3, 0.4) is 0 Å². The van der Waals surface area contributed by atoms with Crippen molar-refractivity contribution in [3.63, 3.8) is 0 Å². The van der Waals surface area contributed by atoms with Gasteiger partial charge in [0.1, 0.15) is 5.82 Å². The molecule has 0 saturated carbocycles. The van der Waals surface area contributed by atoms with Crippen LogP contribution in [-0.2, 0) is 6.42 Å². The highest BCUT2D eigenvalue weighted by Crippen LogP contribution is 2.21. The van der Waals surface area contributed by atoms with E-state index in [-0.39, 0.29) is 25.5 Å². The Morgan fingerprint density at radius 1 is 1.17 bits per heavy atom. The van der Waals surface area contributed by atoms with Crippen LogP contribution in [-0.4, -0.2) is 21.7 Å². The first-order chi connectivity index (χ1) is 10.7. The number of aromatic amines is 1. The highest BCUT2D eigenvalue weighted by molar-refractivity contribution is 5.78. The molecule has 0 aliphatic heterocycles. The largest absolute Gasteiger partial charge is 0.396 e. The van der Waals surface area contributed by atoms with Crippen LogP contribution in [0.25, 0.3) is 10.9 Å². The van der Waals surface area contributed by atoms with E-state index in [0.717, 1.165) is 11.1 Å². The van der Waals surface area contributed by atoms with Crippen molar-refractivity contribution in [1.29, 1.82) is 0 Å². The molecule has 0 fully saturated rings. The number of H-pyrrole nitrogens is 1. The number of nitrogens with one attached hydrogen (secondary N) is 1. The van der Waals surface area contributed by atoms with Crippen LogP contribution in [0, 0.1) is 6.92 Å². The smallest absolute Gasteiger partial charge is 0.258 e. The maximum atomic E-state index is 12.0. The zero-order valence-corrected chi connectivity index (χ0v) is 12.4. The Kier molecular flexibility index (Phi) is 5.29. The van der Waals surface area contributed by atoms with E-state index in [0.29, 0.717) is 23.1 Å². The molecule has 120 valence electrons. The topological polar surface area (TPSA) is 66.0 Å². The minimum absolute atomic E-state index is 0. The normalized spacial score (nSPS) is 11.9. The third-order valence-electron chi connectivity index (χ3n) is 3.86. The van der Waals surface area contributed by atoms with Gasteiger partial charge < -0.3 is 10.1 Å². The number of nitrogens with zero attached hydrogens (tertiary/aromatic N) is 1. The Labute approximate surface area is 135 Å². The molecule has 2 N–H and O–H groups in total. The van der Waals surface area contributed by atoms with Crippen LogP contribution in [0.15, 0.2) is 53.3 Å². The lowest BCUT2D eigenvalue weighted by atomic mass is 9.92. The summed E-state index contributed by atoms with van der Waals surface area (Å²) < 4.78 is 0. The molecule has 0 aliphatic rings. The number of aliphatic hydroxyl groups is 1. The maximum Gasteiger partial charge on any atom is 0.258 e. The van der Waals surface area contributed by atoms with Gasteiger partial charge in [-0.2, -0.15) is 0 Å². The molecule has 0 aliphatic carbocycles. The summed E-state index contributed by atoms with van der Waals surface area (Å²) in [5.41, 5.74) is 2.70. The molecular formula is C19H22N2O2. The summed E-state index contributed by atoms with van der Waals surface area (Å²) in [6.45, 7) is 1.84. The van der Waals surface area contributed by atoms with Crippen molar-refractivity contribution in [1.82, 2.24) is 9.97 Å². The first-order valence-corrected chi connectivity index (χ1v) is 7.33. The van der Waals surface area contributed by atoms with Gasteiger partial charge in [0.05, 0.1) is 17.5 Å². The summed E-state index contributed by atoms with van der Waals surface area (Å²) in [6.07, 6.45) is 0.684. The van der Waals surface area contributed by atoms with Crippen LogP contribution in [0.5, 0.6) is 0 Å². The Hall–Kier alpha value is -2.46. The lowest BCUT2D eigenvalue weighted by Gasteiger charge is -2.15. The summed E-state index contributed by atoms with van der Waals surface area (Å²) in [4.78, 5) is 19.1. The van der Waals surface area contributed by atoms with Gasteiger partial charge in [-0.05, 0) is 36.6 Å². The molecule has 0 bridgehead atoms. The third-order valence-corrected chi connectivity index (χ3v) is 3.86. The molecule has 0 spiro atoms. The van der Waals surface area contributed by atoms with E-state index >= 15 is 0 Å². The number of aryl methyl sites for hydroxylation is 1. The van der Waals surface area contributed by atoms with Crippen LogP contribution < -0.4 is 5.56 Å². The predicted molar refractivity (Wildman–Crippen MR) is 93.8 cm³/mol. The Balaban J connectivity index is 0.00000192. The van der Waals surface area contributed by atoms with Crippen LogP contribution in [0.1, 0.15) is 30.3 Å². The fourth-order valence-corrected chi connectivity index (χ4v) is 2.73. The van der Waals surface area contributed by atoms with Crippen LogP contribution in [0.4, 0.5) is 0 Å². The van der Waals surface area contributed by atoms with E-state index in [1.54, 1.807) is 6.92 Å². The van der Waals surface area contributed by atoms with E-state index in [4.69, 9.17) is 0 Å². The molecule has 1 aromatic heterocycles. The lowest BCUT2D eigenvalue weighted by molar-refractivity contribution is 0.264. The summed E-state index contributed by atoms with van der Waals surface area (Å²) in [5, 5.41) is 10.3. The fraction of sp³-hybridized carbons (Fsp3) is 0.263. The van der Waals surface area contributed by atoms with E-state index in [9.17, 15) is 9.90 Å². The van der Waals surface area contributed by atoms with Crippen molar-refractivity contribution in [2.24, 2.45) is 0 Å². The average Bonchev–Trinajstić information content (AvgIpc) is 2.53. The second-order valence-electron chi connectivity index (χ2n) is 5.50. The molecule has 4 nitrogen and oxygen atoms in total. The van der Waals surface area contributed by atoms with Crippen molar-refractivity contribution in [2.45, 2.75) is 26.7 Å². The molecule has 4 heteroatoms. The van der Waals surface area contributed by atoms with Crippen LogP contribution >= 0.6 is 0 Å². The predicted octanol–water partition coefficient (Wildman–Crippen LogP) is 3.19. The van der Waals surface area contributed by atoms with Crippen LogP contribution in [0.2, 0.25) is 0 Å². The first-order valence-electron chi connectivity index (χ1n) is 7.33. The molecular weight excluding hydrogens is 288 g/mol. The van der Waals surface area contributed by atoms with Crippen molar-refractivity contribution >= 4 is 10.9 Å². The zero-order chi connectivity index (χ0) is 15.5. The number of benzene rings is 2. The van der Waals surface area contributed by atoms with E-state index in [2.05, 4.69) is 9.97 Å². The molecule has 0 saturated heterocycles. The Morgan fingerprint density at radius 2 is 1.91 bits per heavy atom. The highest BCUT2D eigenvalue weighted by atomic mass is 16.3. The van der Waals surface area contributed by atoms with Crippen molar-refractivity contribution in [3.8, 4) is 0 Å². The monoisotopic (exact) mass is 310 g/mol. The Morgan fingerprint density at radius 3 is 2.61 bits per heavy atom. The molecule has 3 rings (SSSR count). The quantitative estimate of drug-likeness (QED) is 0.778. The second-order valence-corrected chi connectivity index (χ2v) is 5.50. The molecule has 1 heterocycles. The average molecular weight is 310 g/mol. The second kappa shape index (κ2) is 7.20. The van der Waals surface area contributed by atoms with Gasteiger partial charge in [-0.25, -0.2) is 4.98 Å². The van der Waals surface area contributed by atoms with Gasteiger partial charge in [-0.3, -0.25) is 4.79 Å². The van der Waals surface area contributed by atoms with Gasteiger partial charge in [0.2, 0.25) is 0 Å². The number of hydrogen-bond acceptors (Lipinski definition) is 3. The van der Waals surface area contributed by atoms with Gasteiger partial charge in [-0.15, -0.1) is 0 Å². The minimum Gasteiger partial charge on any atom is -0.396 e. The van der Waals surface area contributed by atoms with E-state index < -0.39 is 0 Å². The van der Waals surface area contributed by atoms with Crippen molar-refractivity contribution in [3.05, 3.63) is 75.8 Å². The number of aliphatic hydroxyl groups excluding tert-OH is 1. The first kappa shape index (κ1) is 16.9. The summed E-state index contributed by atoms with van der Waals surface area (Å²) in [6, 6.07) is 15.6.